The minimum absolute atomic E-state index is 0.0753. The third kappa shape index (κ3) is 6.95. The van der Waals surface area contributed by atoms with Crippen LogP contribution in [0.25, 0.3) is 11.1 Å². The van der Waals surface area contributed by atoms with E-state index in [1.54, 1.807) is 0 Å². The van der Waals surface area contributed by atoms with E-state index >= 15 is 0 Å². The fourth-order valence-electron chi connectivity index (χ4n) is 4.41. The van der Waals surface area contributed by atoms with Crippen LogP contribution in [0.2, 0.25) is 0 Å². The molecule has 0 amide bonds. The van der Waals surface area contributed by atoms with Crippen LogP contribution in [0.4, 0.5) is 8.78 Å². The number of ether oxygens (including phenoxy) is 4. The zero-order valence-corrected chi connectivity index (χ0v) is 19.8. The Morgan fingerprint density at radius 3 is 2.03 bits per heavy atom. The van der Waals surface area contributed by atoms with Crippen LogP contribution in [-0.2, 0) is 25.4 Å². The van der Waals surface area contributed by atoms with E-state index in [-0.39, 0.29) is 18.6 Å². The van der Waals surface area contributed by atoms with Crippen molar-refractivity contribution in [3.63, 3.8) is 0 Å². The van der Waals surface area contributed by atoms with Gasteiger partial charge in [-0.15, -0.1) is 0 Å². The lowest BCUT2D eigenvalue weighted by atomic mass is 10.0. The van der Waals surface area contributed by atoms with Crippen molar-refractivity contribution in [2.75, 3.05) is 26.4 Å². The van der Waals surface area contributed by atoms with E-state index in [1.165, 1.54) is 19.3 Å². The number of halogens is 2. The molecule has 0 N–H and O–H groups in total. The predicted octanol–water partition coefficient (Wildman–Crippen LogP) is 6.91. The Kier molecular flexibility index (Phi) is 9.22. The summed E-state index contributed by atoms with van der Waals surface area (Å²) in [6.45, 7) is 4.79. The average molecular weight is 473 g/mol. The Bertz CT molecular complexity index is 893. The summed E-state index contributed by atoms with van der Waals surface area (Å²) in [5.41, 5.74) is 3.90. The number of hydrogen-bond donors (Lipinski definition) is 0. The minimum atomic E-state index is -1.65. The summed E-state index contributed by atoms with van der Waals surface area (Å²) in [6.07, 6.45) is 3.74. The van der Waals surface area contributed by atoms with Crippen molar-refractivity contribution in [2.24, 2.45) is 11.8 Å². The van der Waals surface area contributed by atoms with Crippen LogP contribution < -0.4 is 0 Å². The average Bonchev–Trinajstić information content (AvgIpc) is 2.89. The van der Waals surface area contributed by atoms with Crippen molar-refractivity contribution in [3.05, 3.63) is 71.8 Å². The first-order valence-corrected chi connectivity index (χ1v) is 12.3. The maximum absolute atomic E-state index is 12.3. The fraction of sp³-hybridized carbons (Fsp3) is 0.500. The topological polar surface area (TPSA) is 36.9 Å². The summed E-state index contributed by atoms with van der Waals surface area (Å²) in [6, 6.07) is 15.7. The highest BCUT2D eigenvalue weighted by Gasteiger charge is 2.34. The smallest absolute Gasteiger partial charge is 0.266 e. The second-order valence-electron chi connectivity index (χ2n) is 9.17. The molecule has 2 aliphatic heterocycles. The molecule has 0 atom stereocenters. The third-order valence-electron chi connectivity index (χ3n) is 6.48. The van der Waals surface area contributed by atoms with E-state index in [0.717, 1.165) is 48.0 Å². The zero-order chi connectivity index (χ0) is 23.8. The lowest BCUT2D eigenvalue weighted by molar-refractivity contribution is -0.283. The van der Waals surface area contributed by atoms with Crippen molar-refractivity contribution >= 4 is 0 Å². The number of allylic oxidation sites excluding steroid dienone is 1. The molecule has 2 saturated heterocycles. The Morgan fingerprint density at radius 2 is 1.44 bits per heavy atom. The molecule has 0 aromatic heterocycles. The Morgan fingerprint density at radius 1 is 0.824 bits per heavy atom. The highest BCUT2D eigenvalue weighted by molar-refractivity contribution is 5.64. The van der Waals surface area contributed by atoms with Gasteiger partial charge in [0.15, 0.2) is 12.6 Å². The van der Waals surface area contributed by atoms with Gasteiger partial charge in [-0.05, 0) is 35.6 Å². The van der Waals surface area contributed by atoms with Crippen LogP contribution in [-0.4, -0.2) is 32.7 Å². The second-order valence-corrected chi connectivity index (χ2v) is 9.17. The van der Waals surface area contributed by atoms with Crippen molar-refractivity contribution in [1.82, 2.24) is 0 Å². The van der Waals surface area contributed by atoms with Gasteiger partial charge in [-0.3, -0.25) is 0 Å². The molecule has 0 saturated carbocycles. The van der Waals surface area contributed by atoms with Crippen LogP contribution in [0.1, 0.15) is 50.0 Å². The molecule has 4 rings (SSSR count). The largest absolute Gasteiger partial charge is 0.352 e. The first kappa shape index (κ1) is 25.0. The first-order valence-electron chi connectivity index (χ1n) is 12.3. The molecule has 0 spiro atoms. The number of rotatable bonds is 9. The fourth-order valence-corrected chi connectivity index (χ4v) is 4.41. The van der Waals surface area contributed by atoms with Gasteiger partial charge in [0, 0.05) is 11.5 Å². The van der Waals surface area contributed by atoms with Gasteiger partial charge in [-0.1, -0.05) is 74.7 Å². The molecule has 0 aliphatic carbocycles. The summed E-state index contributed by atoms with van der Waals surface area (Å²) in [5.74, 6) is 0.567. The zero-order valence-electron chi connectivity index (χ0n) is 19.8. The summed E-state index contributed by atoms with van der Waals surface area (Å²) >= 11 is 0. The highest BCUT2D eigenvalue weighted by Crippen LogP contribution is 2.31. The third-order valence-corrected chi connectivity index (χ3v) is 6.48. The van der Waals surface area contributed by atoms with Gasteiger partial charge < -0.3 is 18.9 Å². The number of unbranched alkanes of at least 4 members (excludes halogenated alkanes) is 2. The van der Waals surface area contributed by atoms with Gasteiger partial charge in [0.05, 0.1) is 32.3 Å². The molecule has 0 radical (unpaired) electrons. The molecule has 6 heteroatoms. The SMILES string of the molecule is CCCCCC1COC(C2COC(c3ccc(-c4ccc(CC=C(F)F)cc4)cc3)OC2)OC1. The molecule has 2 heterocycles. The van der Waals surface area contributed by atoms with Gasteiger partial charge in [0.2, 0.25) is 0 Å². The molecule has 184 valence electrons. The molecule has 4 nitrogen and oxygen atoms in total. The van der Waals surface area contributed by atoms with Gasteiger partial charge in [0.1, 0.15) is 0 Å². The normalized spacial score (nSPS) is 25.1. The van der Waals surface area contributed by atoms with Gasteiger partial charge in [-0.2, -0.15) is 8.78 Å². The Balaban J connectivity index is 1.24. The standard InChI is InChI=1S/C28H34F2O4/c1-2-3-4-5-21-16-31-28(32-17-21)25-18-33-27(34-19-25)24-13-11-23(12-14-24)22-9-6-20(7-10-22)8-15-26(29)30/h6-7,9-15,21,25,27-28H,2-5,8,16-19H2,1H3. The van der Waals surface area contributed by atoms with Gasteiger partial charge >= 0.3 is 0 Å². The molecule has 2 aromatic carbocycles. The van der Waals surface area contributed by atoms with Crippen molar-refractivity contribution < 1.29 is 27.7 Å². The van der Waals surface area contributed by atoms with Crippen molar-refractivity contribution in [1.29, 1.82) is 0 Å². The van der Waals surface area contributed by atoms with Gasteiger partial charge in [-0.25, -0.2) is 0 Å². The quantitative estimate of drug-likeness (QED) is 0.372. The van der Waals surface area contributed by atoms with E-state index in [4.69, 9.17) is 18.9 Å². The molecular weight excluding hydrogens is 438 g/mol. The first-order chi connectivity index (χ1) is 16.6. The number of hydrogen-bond acceptors (Lipinski definition) is 4. The number of benzene rings is 2. The van der Waals surface area contributed by atoms with Crippen LogP contribution in [0.5, 0.6) is 0 Å². The van der Waals surface area contributed by atoms with E-state index in [9.17, 15) is 8.78 Å². The van der Waals surface area contributed by atoms with Crippen molar-refractivity contribution in [3.8, 4) is 11.1 Å². The Hall–Kier alpha value is -2.12. The summed E-state index contributed by atoms with van der Waals surface area (Å²) in [4.78, 5) is 0. The molecule has 2 fully saturated rings. The monoisotopic (exact) mass is 472 g/mol. The molecule has 2 aromatic rings. The van der Waals surface area contributed by atoms with Gasteiger partial charge in [0.25, 0.3) is 6.08 Å². The second kappa shape index (κ2) is 12.5. The van der Waals surface area contributed by atoms with E-state index in [1.807, 2.05) is 48.5 Å². The van der Waals surface area contributed by atoms with Crippen LogP contribution >= 0.6 is 0 Å². The molecule has 34 heavy (non-hydrogen) atoms. The molecule has 2 aliphatic rings. The van der Waals surface area contributed by atoms with Crippen LogP contribution in [0.3, 0.4) is 0 Å². The highest BCUT2D eigenvalue weighted by atomic mass is 19.3. The summed E-state index contributed by atoms with van der Waals surface area (Å²) < 4.78 is 48.5. The summed E-state index contributed by atoms with van der Waals surface area (Å²) in [7, 11) is 0. The molecule has 0 unspecified atom stereocenters. The van der Waals surface area contributed by atoms with E-state index < -0.39 is 12.4 Å². The maximum Gasteiger partial charge on any atom is 0.266 e. The lowest BCUT2D eigenvalue weighted by Gasteiger charge is -2.37. The van der Waals surface area contributed by atoms with Crippen LogP contribution in [0, 0.1) is 11.8 Å². The molecular formula is C28H34F2O4. The lowest BCUT2D eigenvalue weighted by Crippen LogP contribution is -2.43. The predicted molar refractivity (Wildman–Crippen MR) is 127 cm³/mol. The molecule has 0 bridgehead atoms. The summed E-state index contributed by atoms with van der Waals surface area (Å²) in [5, 5.41) is 0. The Labute approximate surface area is 200 Å². The maximum atomic E-state index is 12.3. The van der Waals surface area contributed by atoms with Crippen molar-refractivity contribution in [2.45, 2.75) is 51.6 Å². The van der Waals surface area contributed by atoms with E-state index in [0.29, 0.717) is 19.1 Å². The van der Waals surface area contributed by atoms with Crippen LogP contribution in [0.15, 0.2) is 60.7 Å². The van der Waals surface area contributed by atoms with E-state index in [2.05, 4.69) is 6.92 Å². The minimum Gasteiger partial charge on any atom is -0.352 e.